The van der Waals surface area contributed by atoms with Gasteiger partial charge in [-0.3, -0.25) is 14.7 Å². The number of hydrogen-bond donors (Lipinski definition) is 0. The molecule has 2 aliphatic rings. The minimum Gasteiger partial charge on any atom is -0.465 e. The third-order valence-corrected chi connectivity index (χ3v) is 5.55. The van der Waals surface area contributed by atoms with Crippen LogP contribution < -0.4 is 0 Å². The highest BCUT2D eigenvalue weighted by molar-refractivity contribution is 6.39. The Labute approximate surface area is 165 Å². The van der Waals surface area contributed by atoms with Gasteiger partial charge in [-0.2, -0.15) is 0 Å². The van der Waals surface area contributed by atoms with Gasteiger partial charge in [0.2, 0.25) is 0 Å². The molecule has 7 heteroatoms. The van der Waals surface area contributed by atoms with Crippen LogP contribution in [-0.2, 0) is 22.7 Å². The van der Waals surface area contributed by atoms with Crippen molar-refractivity contribution in [3.63, 3.8) is 0 Å². The summed E-state index contributed by atoms with van der Waals surface area (Å²) in [5, 5.41) is 4.15. The van der Waals surface area contributed by atoms with E-state index in [2.05, 4.69) is 28.0 Å². The summed E-state index contributed by atoms with van der Waals surface area (Å²) < 4.78 is 5.80. The lowest BCUT2D eigenvalue weighted by Gasteiger charge is -2.21. The molecule has 1 fully saturated rings. The van der Waals surface area contributed by atoms with E-state index in [4.69, 9.17) is 9.25 Å². The molecule has 0 aromatic carbocycles. The quantitative estimate of drug-likeness (QED) is 0.795. The summed E-state index contributed by atoms with van der Waals surface area (Å²) in [7, 11) is 1.77. The number of furan rings is 1. The van der Waals surface area contributed by atoms with E-state index in [0.717, 1.165) is 43.3 Å². The Hall–Kier alpha value is -2.67. The molecule has 148 valence electrons. The molecule has 2 aromatic rings. The van der Waals surface area contributed by atoms with Gasteiger partial charge in [0.05, 0.1) is 18.8 Å². The van der Waals surface area contributed by atoms with Crippen LogP contribution in [-0.4, -0.2) is 52.1 Å². The zero-order valence-corrected chi connectivity index (χ0v) is 16.6. The first kappa shape index (κ1) is 18.7. The molecule has 0 saturated carbocycles. The van der Waals surface area contributed by atoms with Gasteiger partial charge < -0.3 is 14.2 Å². The monoisotopic (exact) mass is 382 g/mol. The second kappa shape index (κ2) is 7.39. The molecule has 4 heterocycles. The van der Waals surface area contributed by atoms with Gasteiger partial charge in [0.1, 0.15) is 17.2 Å². The molecule has 2 aliphatic heterocycles. The Balaban J connectivity index is 1.33. The van der Waals surface area contributed by atoms with Crippen molar-refractivity contribution < 1.29 is 14.0 Å². The van der Waals surface area contributed by atoms with Crippen molar-refractivity contribution in [3.05, 3.63) is 53.2 Å². The molecule has 1 spiro atoms. The number of hydrogen-bond acceptors (Lipinski definition) is 6. The summed E-state index contributed by atoms with van der Waals surface area (Å²) in [6, 6.07) is 7.78. The maximum atomic E-state index is 12.8. The highest BCUT2D eigenvalue weighted by atomic mass is 16.7. The predicted molar refractivity (Wildman–Crippen MR) is 105 cm³/mol. The largest absolute Gasteiger partial charge is 0.465 e. The lowest BCUT2D eigenvalue weighted by molar-refractivity contribution is -0.123. The molecule has 1 amide bonds. The van der Waals surface area contributed by atoms with Gasteiger partial charge in [-0.25, -0.2) is 0 Å². The van der Waals surface area contributed by atoms with Gasteiger partial charge in [-0.1, -0.05) is 11.2 Å². The van der Waals surface area contributed by atoms with Crippen LogP contribution >= 0.6 is 0 Å². The topological polar surface area (TPSA) is 71.2 Å². The minimum absolute atomic E-state index is 0.0988. The molecular formula is C21H26N4O3. The summed E-state index contributed by atoms with van der Waals surface area (Å²) in [6.45, 7) is 6.89. The van der Waals surface area contributed by atoms with Gasteiger partial charge in [-0.15, -0.1) is 0 Å². The first-order valence-corrected chi connectivity index (χ1v) is 9.63. The van der Waals surface area contributed by atoms with Crippen LogP contribution in [0, 0.1) is 13.8 Å². The summed E-state index contributed by atoms with van der Waals surface area (Å²) in [5.41, 5.74) is 2.12. The molecule has 1 atom stereocenters. The van der Waals surface area contributed by atoms with Gasteiger partial charge in [0, 0.05) is 39.2 Å². The van der Waals surface area contributed by atoms with Crippen LogP contribution in [0.3, 0.4) is 0 Å². The van der Waals surface area contributed by atoms with Crippen LogP contribution in [0.1, 0.15) is 35.6 Å². The first-order valence-electron chi connectivity index (χ1n) is 9.63. The fraction of sp³-hybridized carbons (Fsp3) is 0.476. The van der Waals surface area contributed by atoms with E-state index in [1.807, 2.05) is 25.1 Å². The van der Waals surface area contributed by atoms with E-state index >= 15 is 0 Å². The fourth-order valence-electron chi connectivity index (χ4n) is 3.89. The highest BCUT2D eigenvalue weighted by Crippen LogP contribution is 2.35. The molecule has 0 N–H and O–H groups in total. The number of carbonyl (C=O) groups excluding carboxylic acids is 1. The van der Waals surface area contributed by atoms with Crippen molar-refractivity contribution in [2.24, 2.45) is 5.16 Å². The maximum Gasteiger partial charge on any atom is 0.271 e. The lowest BCUT2D eigenvalue weighted by Crippen LogP contribution is -2.37. The number of aromatic nitrogens is 1. The van der Waals surface area contributed by atoms with Crippen molar-refractivity contribution in [3.8, 4) is 0 Å². The van der Waals surface area contributed by atoms with Gasteiger partial charge in [0.25, 0.3) is 5.91 Å². The van der Waals surface area contributed by atoms with Crippen LogP contribution in [0.5, 0.6) is 0 Å². The van der Waals surface area contributed by atoms with E-state index in [0.29, 0.717) is 18.7 Å². The molecular weight excluding hydrogens is 356 g/mol. The first-order chi connectivity index (χ1) is 13.4. The van der Waals surface area contributed by atoms with Crippen molar-refractivity contribution in [1.82, 2.24) is 14.8 Å². The Morgan fingerprint density at radius 1 is 1.36 bits per heavy atom. The predicted octanol–water partition coefficient (Wildman–Crippen LogP) is 2.67. The third-order valence-electron chi connectivity index (χ3n) is 5.55. The normalized spacial score (nSPS) is 21.8. The number of aryl methyl sites for hydroxylation is 2. The van der Waals surface area contributed by atoms with E-state index < -0.39 is 5.60 Å². The van der Waals surface area contributed by atoms with Crippen LogP contribution in [0.15, 0.2) is 40.0 Å². The van der Waals surface area contributed by atoms with Crippen molar-refractivity contribution in [2.75, 3.05) is 20.1 Å². The number of nitrogens with zero attached hydrogens (tertiary/aromatic N) is 4. The van der Waals surface area contributed by atoms with Gasteiger partial charge in [-0.05, 0) is 37.6 Å². The number of carbonyl (C=O) groups is 1. The molecule has 0 radical (unpaired) electrons. The molecule has 1 saturated heterocycles. The average Bonchev–Trinajstić information content (AvgIpc) is 3.36. The number of amides is 1. The van der Waals surface area contributed by atoms with Crippen LogP contribution in [0.4, 0.5) is 0 Å². The summed E-state index contributed by atoms with van der Waals surface area (Å²) >= 11 is 0. The van der Waals surface area contributed by atoms with E-state index in [1.165, 1.54) is 5.56 Å². The number of likely N-dealkylation sites (tertiary alicyclic amines) is 1. The molecule has 28 heavy (non-hydrogen) atoms. The van der Waals surface area contributed by atoms with Crippen molar-refractivity contribution >= 4 is 11.6 Å². The molecule has 0 aliphatic carbocycles. The Bertz CT molecular complexity index is 873. The number of rotatable bonds is 5. The molecule has 7 nitrogen and oxygen atoms in total. The van der Waals surface area contributed by atoms with Crippen LogP contribution in [0.25, 0.3) is 0 Å². The maximum absolute atomic E-state index is 12.8. The zero-order chi connectivity index (χ0) is 19.7. The second-order valence-electron chi connectivity index (χ2n) is 7.88. The second-order valence-corrected chi connectivity index (χ2v) is 7.88. The fourth-order valence-corrected chi connectivity index (χ4v) is 3.89. The smallest absolute Gasteiger partial charge is 0.271 e. The molecule has 0 bridgehead atoms. The van der Waals surface area contributed by atoms with Crippen molar-refractivity contribution in [1.29, 1.82) is 0 Å². The summed E-state index contributed by atoms with van der Waals surface area (Å²) in [4.78, 5) is 26.8. The van der Waals surface area contributed by atoms with Crippen molar-refractivity contribution in [2.45, 2.75) is 45.4 Å². The average molecular weight is 382 g/mol. The van der Waals surface area contributed by atoms with E-state index in [-0.39, 0.29) is 5.91 Å². The lowest BCUT2D eigenvalue weighted by atomic mass is 9.96. The van der Waals surface area contributed by atoms with Gasteiger partial charge >= 0.3 is 0 Å². The standard InChI is InChI=1S/C21H26N4O3/c1-15-10-18(27-16(15)2)13-25-9-7-21(14-25)11-19(23-28-21)20(26)24(3)12-17-6-4-5-8-22-17/h4-6,8,10H,7,9,11-14H2,1-3H3. The van der Waals surface area contributed by atoms with E-state index in [9.17, 15) is 4.79 Å². The molecule has 1 unspecified atom stereocenters. The number of oxime groups is 1. The Morgan fingerprint density at radius 2 is 2.21 bits per heavy atom. The Kier molecular flexibility index (Phi) is 4.93. The molecule has 4 rings (SSSR count). The highest BCUT2D eigenvalue weighted by Gasteiger charge is 2.47. The van der Waals surface area contributed by atoms with Crippen LogP contribution in [0.2, 0.25) is 0 Å². The summed E-state index contributed by atoms with van der Waals surface area (Å²) in [6.07, 6.45) is 3.13. The summed E-state index contributed by atoms with van der Waals surface area (Å²) in [5.74, 6) is 1.84. The third kappa shape index (κ3) is 3.80. The molecule has 2 aromatic heterocycles. The number of pyridine rings is 1. The van der Waals surface area contributed by atoms with Gasteiger partial charge in [0.15, 0.2) is 5.60 Å². The zero-order valence-electron chi connectivity index (χ0n) is 16.6. The Morgan fingerprint density at radius 3 is 2.93 bits per heavy atom. The minimum atomic E-state index is -0.395. The van der Waals surface area contributed by atoms with E-state index in [1.54, 1.807) is 18.1 Å². The SMILES string of the molecule is Cc1cc(CN2CCC3(CC(C(=O)N(C)Cc4ccccn4)=NO3)C2)oc1C.